The highest BCUT2D eigenvalue weighted by Gasteiger charge is 2.23. The number of piperidine rings is 1. The number of carbonyl (C=O) groups is 1. The van der Waals surface area contributed by atoms with Crippen LogP contribution in [0.2, 0.25) is 0 Å². The van der Waals surface area contributed by atoms with Crippen LogP contribution >= 0.6 is 0 Å². The van der Waals surface area contributed by atoms with Gasteiger partial charge in [-0.2, -0.15) is 5.10 Å². The van der Waals surface area contributed by atoms with Crippen LogP contribution in [0.4, 0.5) is 5.82 Å². The highest BCUT2D eigenvalue weighted by atomic mass is 16.5. The Bertz CT molecular complexity index is 997. The fourth-order valence-corrected chi connectivity index (χ4v) is 4.08. The molecular formula is C25H30N4O3. The molecule has 0 spiro atoms. The summed E-state index contributed by atoms with van der Waals surface area (Å²) in [4.78, 5) is 14.8. The third-order valence-electron chi connectivity index (χ3n) is 5.77. The summed E-state index contributed by atoms with van der Waals surface area (Å²) in [7, 11) is 1.71. The molecule has 0 bridgehead atoms. The van der Waals surface area contributed by atoms with Crippen LogP contribution in [0.3, 0.4) is 0 Å². The van der Waals surface area contributed by atoms with Crippen LogP contribution in [0.15, 0.2) is 66.9 Å². The number of amides is 1. The van der Waals surface area contributed by atoms with Gasteiger partial charge in [-0.25, -0.2) is 4.68 Å². The molecule has 1 amide bonds. The maximum atomic E-state index is 12.4. The molecule has 3 aromatic rings. The molecule has 32 heavy (non-hydrogen) atoms. The van der Waals surface area contributed by atoms with E-state index in [1.165, 1.54) is 5.56 Å². The molecule has 168 valence electrons. The summed E-state index contributed by atoms with van der Waals surface area (Å²) in [6, 6.07) is 19.8. The summed E-state index contributed by atoms with van der Waals surface area (Å²) in [5, 5.41) is 7.48. The second-order valence-electron chi connectivity index (χ2n) is 7.94. The maximum absolute atomic E-state index is 12.4. The van der Waals surface area contributed by atoms with Crippen LogP contribution in [0.25, 0.3) is 0 Å². The van der Waals surface area contributed by atoms with Gasteiger partial charge in [0, 0.05) is 31.3 Å². The minimum Gasteiger partial charge on any atom is -0.496 e. The molecule has 4 rings (SSSR count). The van der Waals surface area contributed by atoms with Crippen LogP contribution in [-0.4, -0.2) is 47.4 Å². The van der Waals surface area contributed by atoms with Gasteiger partial charge in [0.25, 0.3) is 0 Å². The average molecular weight is 435 g/mol. The van der Waals surface area contributed by atoms with E-state index in [0.717, 1.165) is 49.8 Å². The van der Waals surface area contributed by atoms with Gasteiger partial charge in [-0.3, -0.25) is 9.69 Å². The summed E-state index contributed by atoms with van der Waals surface area (Å²) in [5.74, 6) is 2.38. The second-order valence-corrected chi connectivity index (χ2v) is 7.94. The molecule has 1 N–H and O–H groups in total. The van der Waals surface area contributed by atoms with E-state index in [2.05, 4.69) is 21.4 Å². The van der Waals surface area contributed by atoms with E-state index >= 15 is 0 Å². The highest BCUT2D eigenvalue weighted by molar-refractivity contribution is 5.89. The van der Waals surface area contributed by atoms with Gasteiger partial charge < -0.3 is 14.8 Å². The number of nitrogens with one attached hydrogen (secondary N) is 1. The highest BCUT2D eigenvalue weighted by Crippen LogP contribution is 2.28. The number of ether oxygens (including phenoxy) is 2. The molecule has 1 saturated heterocycles. The molecule has 0 unspecified atom stereocenters. The van der Waals surface area contributed by atoms with Gasteiger partial charge in [-0.15, -0.1) is 0 Å². The van der Waals surface area contributed by atoms with Gasteiger partial charge >= 0.3 is 0 Å². The molecule has 1 fully saturated rings. The number of methoxy groups -OCH3 is 1. The number of benzene rings is 2. The van der Waals surface area contributed by atoms with Gasteiger partial charge in [0.1, 0.15) is 17.3 Å². The normalized spacial score (nSPS) is 14.8. The smallest absolute Gasteiger partial charge is 0.228 e. The topological polar surface area (TPSA) is 68.6 Å². The lowest BCUT2D eigenvalue weighted by Gasteiger charge is -2.33. The third kappa shape index (κ3) is 5.68. The van der Waals surface area contributed by atoms with E-state index in [1.54, 1.807) is 13.3 Å². The second kappa shape index (κ2) is 10.8. The van der Waals surface area contributed by atoms with E-state index < -0.39 is 0 Å². The van der Waals surface area contributed by atoms with Crippen molar-refractivity contribution in [2.75, 3.05) is 32.1 Å². The molecule has 1 aliphatic rings. The summed E-state index contributed by atoms with van der Waals surface area (Å²) in [6.45, 7) is 3.16. The fraction of sp³-hybridized carbons (Fsp3) is 0.360. The van der Waals surface area contributed by atoms with Crippen molar-refractivity contribution in [3.8, 4) is 11.5 Å². The number of para-hydroxylation sites is 2. The molecule has 0 atom stereocenters. The number of likely N-dealkylation sites (tertiary alicyclic amines) is 1. The summed E-state index contributed by atoms with van der Waals surface area (Å²) < 4.78 is 13.1. The number of hydrogen-bond acceptors (Lipinski definition) is 5. The SMILES string of the molecule is COc1ccccc1CN1CCC(n2nccc2NC(=O)CCOc2ccccc2)CC1. The molecule has 7 nitrogen and oxygen atoms in total. The van der Waals surface area contributed by atoms with E-state index in [-0.39, 0.29) is 18.4 Å². The van der Waals surface area contributed by atoms with E-state index in [1.807, 2.05) is 59.3 Å². The Balaban J connectivity index is 1.26. The van der Waals surface area contributed by atoms with Crippen LogP contribution in [-0.2, 0) is 11.3 Å². The van der Waals surface area contributed by atoms with E-state index in [9.17, 15) is 4.79 Å². The quantitative estimate of drug-likeness (QED) is 0.548. The molecule has 2 aromatic carbocycles. The van der Waals surface area contributed by atoms with Gasteiger partial charge in [-0.1, -0.05) is 36.4 Å². The lowest BCUT2D eigenvalue weighted by atomic mass is 10.0. The number of anilines is 1. The number of aromatic nitrogens is 2. The van der Waals surface area contributed by atoms with Crippen molar-refractivity contribution in [3.63, 3.8) is 0 Å². The van der Waals surface area contributed by atoms with E-state index in [0.29, 0.717) is 6.61 Å². The average Bonchev–Trinajstić information content (AvgIpc) is 3.28. The Morgan fingerprint density at radius 3 is 2.59 bits per heavy atom. The molecule has 0 radical (unpaired) electrons. The first kappa shape index (κ1) is 21.9. The van der Waals surface area contributed by atoms with Crippen molar-refractivity contribution in [2.24, 2.45) is 0 Å². The lowest BCUT2D eigenvalue weighted by Crippen LogP contribution is -2.35. The Labute approximate surface area is 188 Å². The molecule has 0 saturated carbocycles. The van der Waals surface area contributed by atoms with Gasteiger partial charge in [0.05, 0.1) is 32.4 Å². The molecule has 7 heteroatoms. The van der Waals surface area contributed by atoms with Crippen LogP contribution < -0.4 is 14.8 Å². The zero-order valence-corrected chi connectivity index (χ0v) is 18.4. The van der Waals surface area contributed by atoms with Gasteiger partial charge in [0.2, 0.25) is 5.91 Å². The van der Waals surface area contributed by atoms with Crippen molar-refractivity contribution in [3.05, 3.63) is 72.4 Å². The molecular weight excluding hydrogens is 404 g/mol. The van der Waals surface area contributed by atoms with Crippen molar-refractivity contribution >= 4 is 11.7 Å². The van der Waals surface area contributed by atoms with Crippen molar-refractivity contribution < 1.29 is 14.3 Å². The first-order valence-electron chi connectivity index (χ1n) is 11.1. The first-order valence-corrected chi connectivity index (χ1v) is 11.1. The maximum Gasteiger partial charge on any atom is 0.228 e. The summed E-state index contributed by atoms with van der Waals surface area (Å²) in [5.41, 5.74) is 1.21. The minimum absolute atomic E-state index is 0.0729. The predicted molar refractivity (Wildman–Crippen MR) is 124 cm³/mol. The van der Waals surface area contributed by atoms with E-state index in [4.69, 9.17) is 9.47 Å². The van der Waals surface area contributed by atoms with Crippen LogP contribution in [0.1, 0.15) is 30.9 Å². The van der Waals surface area contributed by atoms with Crippen molar-refractivity contribution in [2.45, 2.75) is 31.8 Å². The fourth-order valence-electron chi connectivity index (χ4n) is 4.08. The zero-order chi connectivity index (χ0) is 22.2. The van der Waals surface area contributed by atoms with Crippen molar-refractivity contribution in [1.82, 2.24) is 14.7 Å². The summed E-state index contributed by atoms with van der Waals surface area (Å²) >= 11 is 0. The monoisotopic (exact) mass is 434 g/mol. The number of nitrogens with zero attached hydrogens (tertiary/aromatic N) is 3. The predicted octanol–water partition coefficient (Wildman–Crippen LogP) is 4.14. The first-order chi connectivity index (χ1) is 15.7. The van der Waals surface area contributed by atoms with Crippen LogP contribution in [0.5, 0.6) is 11.5 Å². The standard InChI is InChI=1S/C25H30N4O3/c1-31-23-10-6-5-7-20(23)19-28-16-12-21(13-17-28)29-24(11-15-26-29)27-25(30)14-18-32-22-8-3-2-4-9-22/h2-11,15,21H,12-14,16-19H2,1H3,(H,27,30). The minimum atomic E-state index is -0.0729. The Kier molecular flexibility index (Phi) is 7.40. The molecule has 1 aromatic heterocycles. The molecule has 1 aliphatic heterocycles. The van der Waals surface area contributed by atoms with Crippen LogP contribution in [0, 0.1) is 0 Å². The van der Waals surface area contributed by atoms with Gasteiger partial charge in [-0.05, 0) is 31.0 Å². The van der Waals surface area contributed by atoms with Gasteiger partial charge in [0.15, 0.2) is 0 Å². The Morgan fingerprint density at radius 2 is 1.81 bits per heavy atom. The molecule has 2 heterocycles. The largest absolute Gasteiger partial charge is 0.496 e. The Hall–Kier alpha value is -3.32. The van der Waals surface area contributed by atoms with Crippen molar-refractivity contribution in [1.29, 1.82) is 0 Å². The third-order valence-corrected chi connectivity index (χ3v) is 5.77. The summed E-state index contributed by atoms with van der Waals surface area (Å²) in [6.07, 6.45) is 4.00. The Morgan fingerprint density at radius 1 is 1.06 bits per heavy atom. The lowest BCUT2D eigenvalue weighted by molar-refractivity contribution is -0.116. The number of hydrogen-bond donors (Lipinski definition) is 1. The zero-order valence-electron chi connectivity index (χ0n) is 18.4. The number of rotatable bonds is 9. The number of carbonyl (C=O) groups excluding carboxylic acids is 1. The molecule has 0 aliphatic carbocycles.